The third-order valence-electron chi connectivity index (χ3n) is 3.69. The molecule has 1 aliphatic heterocycles. The van der Waals surface area contributed by atoms with Gasteiger partial charge in [-0.15, -0.1) is 0 Å². The zero-order valence-corrected chi connectivity index (χ0v) is 11.8. The van der Waals surface area contributed by atoms with E-state index in [1.807, 2.05) is 12.3 Å². The van der Waals surface area contributed by atoms with Crippen LogP contribution in [0.4, 0.5) is 5.69 Å². The van der Waals surface area contributed by atoms with E-state index in [4.69, 9.17) is 0 Å². The molecule has 2 unspecified atom stereocenters. The Hall–Kier alpha value is -2.13. The second-order valence-corrected chi connectivity index (χ2v) is 5.25. The second kappa shape index (κ2) is 5.47. The Bertz CT molecular complexity index is 578. The van der Waals surface area contributed by atoms with Crippen LogP contribution in [0, 0.1) is 0 Å². The highest BCUT2D eigenvalue weighted by molar-refractivity contribution is 5.73. The molecule has 20 heavy (non-hydrogen) atoms. The van der Waals surface area contributed by atoms with Gasteiger partial charge < -0.3 is 0 Å². The van der Waals surface area contributed by atoms with Crippen LogP contribution in [0.25, 0.3) is 0 Å². The average Bonchev–Trinajstić information content (AvgIpc) is 2.94. The van der Waals surface area contributed by atoms with Crippen LogP contribution in [-0.2, 0) is 0 Å². The zero-order chi connectivity index (χ0) is 13.9. The summed E-state index contributed by atoms with van der Waals surface area (Å²) in [6.07, 6.45) is 2.03. The molecule has 0 aromatic heterocycles. The van der Waals surface area contributed by atoms with Gasteiger partial charge in [-0.3, -0.25) is 9.91 Å². The molecule has 3 nitrogen and oxygen atoms in total. The Morgan fingerprint density at radius 2 is 1.50 bits per heavy atom. The van der Waals surface area contributed by atoms with Crippen molar-refractivity contribution in [2.45, 2.75) is 12.1 Å². The van der Waals surface area contributed by atoms with Crippen LogP contribution in [0.2, 0.25) is 0 Å². The lowest BCUT2D eigenvalue weighted by Crippen LogP contribution is -2.37. The van der Waals surface area contributed by atoms with Crippen molar-refractivity contribution in [3.8, 4) is 0 Å². The summed E-state index contributed by atoms with van der Waals surface area (Å²) in [6, 6.07) is 21.4. The van der Waals surface area contributed by atoms with Gasteiger partial charge in [0.1, 0.15) is 0 Å². The van der Waals surface area contributed by atoms with Gasteiger partial charge in [-0.05, 0) is 31.8 Å². The number of nitrogens with zero attached hydrogens (tertiary/aromatic N) is 3. The summed E-state index contributed by atoms with van der Waals surface area (Å²) in [5.41, 5.74) is 2.41. The molecule has 0 saturated carbocycles. The standard InChI is InChI=1S/C17H19N3/c1-19(2)16-13-18-20(15-11-7-4-8-12-15)17(16)14-9-5-3-6-10-14/h3-13,16-17H,1-2H3. The Balaban J connectivity index is 2.00. The van der Waals surface area contributed by atoms with Gasteiger partial charge in [0.2, 0.25) is 0 Å². The second-order valence-electron chi connectivity index (χ2n) is 5.25. The molecule has 2 aromatic rings. The first kappa shape index (κ1) is 12.9. The first-order valence-electron chi connectivity index (χ1n) is 6.87. The maximum atomic E-state index is 4.63. The molecule has 3 rings (SSSR count). The van der Waals surface area contributed by atoms with Crippen molar-refractivity contribution < 1.29 is 0 Å². The van der Waals surface area contributed by atoms with Crippen LogP contribution in [0.3, 0.4) is 0 Å². The van der Waals surface area contributed by atoms with Crippen LogP contribution in [0.1, 0.15) is 11.6 Å². The average molecular weight is 265 g/mol. The molecular formula is C17H19N3. The minimum atomic E-state index is 0.216. The van der Waals surface area contributed by atoms with E-state index >= 15 is 0 Å². The smallest absolute Gasteiger partial charge is 0.0981 e. The molecule has 2 atom stereocenters. The van der Waals surface area contributed by atoms with Crippen LogP contribution >= 0.6 is 0 Å². The fourth-order valence-corrected chi connectivity index (χ4v) is 2.65. The Labute approximate surface area is 120 Å². The first-order chi connectivity index (χ1) is 9.77. The molecule has 0 spiro atoms. The number of rotatable bonds is 3. The van der Waals surface area contributed by atoms with Gasteiger partial charge in [0.15, 0.2) is 0 Å². The molecule has 0 saturated heterocycles. The van der Waals surface area contributed by atoms with Crippen molar-refractivity contribution >= 4 is 11.9 Å². The van der Waals surface area contributed by atoms with Crippen molar-refractivity contribution in [2.24, 2.45) is 5.10 Å². The predicted molar refractivity (Wildman–Crippen MR) is 84.1 cm³/mol. The summed E-state index contributed by atoms with van der Waals surface area (Å²) in [7, 11) is 4.20. The largest absolute Gasteiger partial charge is 0.299 e. The van der Waals surface area contributed by atoms with Gasteiger partial charge in [-0.2, -0.15) is 5.10 Å². The normalized spacial score (nSPS) is 21.6. The fraction of sp³-hybridized carbons (Fsp3) is 0.235. The lowest BCUT2D eigenvalue weighted by molar-refractivity contribution is 0.331. The first-order valence-corrected chi connectivity index (χ1v) is 6.87. The van der Waals surface area contributed by atoms with E-state index in [2.05, 4.69) is 83.7 Å². The van der Waals surface area contributed by atoms with E-state index in [1.165, 1.54) is 5.56 Å². The molecule has 0 amide bonds. The molecule has 0 radical (unpaired) electrons. The van der Waals surface area contributed by atoms with Gasteiger partial charge in [-0.1, -0.05) is 48.5 Å². The lowest BCUT2D eigenvalue weighted by Gasteiger charge is -2.31. The van der Waals surface area contributed by atoms with Crippen LogP contribution < -0.4 is 5.01 Å². The van der Waals surface area contributed by atoms with Crippen molar-refractivity contribution in [3.63, 3.8) is 0 Å². The van der Waals surface area contributed by atoms with Gasteiger partial charge in [0.05, 0.1) is 17.8 Å². The number of para-hydroxylation sites is 1. The minimum absolute atomic E-state index is 0.216. The molecule has 0 N–H and O–H groups in total. The monoisotopic (exact) mass is 265 g/mol. The lowest BCUT2D eigenvalue weighted by atomic mass is 9.99. The minimum Gasteiger partial charge on any atom is -0.299 e. The van der Waals surface area contributed by atoms with Crippen molar-refractivity contribution in [1.82, 2.24) is 4.90 Å². The highest BCUT2D eigenvalue weighted by Gasteiger charge is 2.34. The Morgan fingerprint density at radius 1 is 0.900 bits per heavy atom. The van der Waals surface area contributed by atoms with Crippen molar-refractivity contribution in [1.29, 1.82) is 0 Å². The number of hydrogen-bond acceptors (Lipinski definition) is 3. The molecule has 1 aliphatic rings. The highest BCUT2D eigenvalue weighted by atomic mass is 15.5. The van der Waals surface area contributed by atoms with E-state index in [-0.39, 0.29) is 12.1 Å². The number of likely N-dealkylation sites (N-methyl/N-ethyl adjacent to an activating group) is 1. The molecular weight excluding hydrogens is 246 g/mol. The third-order valence-corrected chi connectivity index (χ3v) is 3.69. The quantitative estimate of drug-likeness (QED) is 0.849. The van der Waals surface area contributed by atoms with Gasteiger partial charge in [-0.25, -0.2) is 0 Å². The van der Waals surface area contributed by atoms with Gasteiger partial charge >= 0.3 is 0 Å². The van der Waals surface area contributed by atoms with Crippen LogP contribution in [0.15, 0.2) is 65.8 Å². The maximum absolute atomic E-state index is 4.63. The van der Waals surface area contributed by atoms with Crippen LogP contribution in [-0.4, -0.2) is 31.3 Å². The summed E-state index contributed by atoms with van der Waals surface area (Å²) in [6.45, 7) is 0. The SMILES string of the molecule is CN(C)C1C=NN(c2ccccc2)C1c1ccccc1. The van der Waals surface area contributed by atoms with E-state index in [1.54, 1.807) is 0 Å². The van der Waals surface area contributed by atoms with E-state index < -0.39 is 0 Å². The van der Waals surface area contributed by atoms with E-state index in [0.29, 0.717) is 0 Å². The van der Waals surface area contributed by atoms with Crippen molar-refractivity contribution in [2.75, 3.05) is 19.1 Å². The molecule has 0 aliphatic carbocycles. The van der Waals surface area contributed by atoms with Gasteiger partial charge in [0.25, 0.3) is 0 Å². The van der Waals surface area contributed by atoms with Crippen LogP contribution in [0.5, 0.6) is 0 Å². The van der Waals surface area contributed by atoms with E-state index in [0.717, 1.165) is 5.69 Å². The molecule has 2 aromatic carbocycles. The Kier molecular flexibility index (Phi) is 3.52. The summed E-state index contributed by atoms with van der Waals surface area (Å²) >= 11 is 0. The fourth-order valence-electron chi connectivity index (χ4n) is 2.65. The summed E-state index contributed by atoms with van der Waals surface area (Å²) in [5.74, 6) is 0. The summed E-state index contributed by atoms with van der Waals surface area (Å²) in [5, 5.41) is 6.74. The van der Waals surface area contributed by atoms with Gasteiger partial charge in [0, 0.05) is 6.21 Å². The number of benzene rings is 2. The molecule has 1 heterocycles. The van der Waals surface area contributed by atoms with E-state index in [9.17, 15) is 0 Å². The number of hydrazone groups is 1. The molecule has 102 valence electrons. The summed E-state index contributed by atoms with van der Waals surface area (Å²) in [4.78, 5) is 2.21. The zero-order valence-electron chi connectivity index (χ0n) is 11.8. The molecule has 0 bridgehead atoms. The topological polar surface area (TPSA) is 18.8 Å². The Morgan fingerprint density at radius 3 is 2.10 bits per heavy atom. The van der Waals surface area contributed by atoms with Crippen molar-refractivity contribution in [3.05, 3.63) is 66.2 Å². The number of anilines is 1. The third kappa shape index (κ3) is 2.32. The highest BCUT2D eigenvalue weighted by Crippen LogP contribution is 2.34. The number of hydrogen-bond donors (Lipinski definition) is 0. The maximum Gasteiger partial charge on any atom is 0.0981 e. The molecule has 0 fully saturated rings. The predicted octanol–water partition coefficient (Wildman–Crippen LogP) is 3.16. The summed E-state index contributed by atoms with van der Waals surface area (Å²) < 4.78 is 0. The molecule has 3 heteroatoms.